The van der Waals surface area contributed by atoms with Gasteiger partial charge in [0.25, 0.3) is 6.43 Å². The molecule has 7 heteroatoms. The van der Waals surface area contributed by atoms with Crippen LogP contribution in [0.1, 0.15) is 17.8 Å². The molecule has 0 aliphatic carbocycles. The third-order valence-corrected chi connectivity index (χ3v) is 1.13. The molecule has 0 saturated heterocycles. The van der Waals surface area contributed by atoms with Crippen molar-refractivity contribution in [2.24, 2.45) is 0 Å². The highest BCUT2D eigenvalue weighted by Gasteiger charge is 2.33. The van der Waals surface area contributed by atoms with Gasteiger partial charge in [-0.15, -0.1) is 0 Å². The SMILES string of the molecule is FC(F)c1cc(C(F)(F)F)[nH]n1. The van der Waals surface area contributed by atoms with E-state index >= 15 is 0 Å². The van der Waals surface area contributed by atoms with Crippen LogP contribution in [0.25, 0.3) is 0 Å². The van der Waals surface area contributed by atoms with Gasteiger partial charge in [-0.3, -0.25) is 5.10 Å². The van der Waals surface area contributed by atoms with E-state index in [1.54, 1.807) is 0 Å². The second kappa shape index (κ2) is 2.72. The average Bonchev–Trinajstić information content (AvgIpc) is 2.30. The van der Waals surface area contributed by atoms with Gasteiger partial charge in [0, 0.05) is 0 Å². The molecule has 1 rings (SSSR count). The number of H-pyrrole nitrogens is 1. The molecule has 0 aliphatic rings. The molecule has 1 aromatic rings. The Morgan fingerprint density at radius 1 is 1.33 bits per heavy atom. The van der Waals surface area contributed by atoms with Crippen LogP contribution in [0, 0.1) is 0 Å². The second-order valence-electron chi connectivity index (χ2n) is 2.00. The van der Waals surface area contributed by atoms with Gasteiger partial charge in [0.05, 0.1) is 0 Å². The van der Waals surface area contributed by atoms with Crippen molar-refractivity contribution in [2.75, 3.05) is 0 Å². The Morgan fingerprint density at radius 3 is 2.17 bits per heavy atom. The summed E-state index contributed by atoms with van der Waals surface area (Å²) in [7, 11) is 0. The first kappa shape index (κ1) is 8.95. The quantitative estimate of drug-likeness (QED) is 0.670. The summed E-state index contributed by atoms with van der Waals surface area (Å²) < 4.78 is 58.7. The van der Waals surface area contributed by atoms with Gasteiger partial charge >= 0.3 is 6.18 Å². The molecule has 1 N–H and O–H groups in total. The summed E-state index contributed by atoms with van der Waals surface area (Å²) in [6.07, 6.45) is -7.64. The zero-order chi connectivity index (χ0) is 9.35. The summed E-state index contributed by atoms with van der Waals surface area (Å²) >= 11 is 0. The molecule has 0 amide bonds. The fourth-order valence-corrected chi connectivity index (χ4v) is 0.594. The van der Waals surface area contributed by atoms with Crippen molar-refractivity contribution in [3.05, 3.63) is 17.5 Å². The fourth-order valence-electron chi connectivity index (χ4n) is 0.594. The van der Waals surface area contributed by atoms with Crippen molar-refractivity contribution < 1.29 is 22.0 Å². The van der Waals surface area contributed by atoms with Crippen LogP contribution in [0.3, 0.4) is 0 Å². The lowest BCUT2D eigenvalue weighted by Gasteiger charge is -1.99. The van der Waals surface area contributed by atoms with E-state index < -0.39 is 24.0 Å². The molecule has 0 aromatic carbocycles. The van der Waals surface area contributed by atoms with Gasteiger partial charge in [0.1, 0.15) is 11.4 Å². The molecular formula is C5H3F5N2. The minimum absolute atomic E-state index is 0.282. The fraction of sp³-hybridized carbons (Fsp3) is 0.400. The number of halogens is 5. The van der Waals surface area contributed by atoms with Crippen molar-refractivity contribution in [3.63, 3.8) is 0 Å². The van der Waals surface area contributed by atoms with E-state index in [0.29, 0.717) is 0 Å². The monoisotopic (exact) mass is 186 g/mol. The summed E-state index contributed by atoms with van der Waals surface area (Å²) in [6.45, 7) is 0. The maximum atomic E-state index is 11.7. The van der Waals surface area contributed by atoms with Crippen LogP contribution in [0.5, 0.6) is 0 Å². The summed E-state index contributed by atoms with van der Waals surface area (Å²) in [5.74, 6) is 0. The summed E-state index contributed by atoms with van der Waals surface area (Å²) in [5.41, 5.74) is -2.17. The number of alkyl halides is 5. The molecule has 0 bridgehead atoms. The van der Waals surface area contributed by atoms with Crippen molar-refractivity contribution >= 4 is 0 Å². The third-order valence-electron chi connectivity index (χ3n) is 1.13. The Labute approximate surface area is 63.4 Å². The van der Waals surface area contributed by atoms with E-state index in [-0.39, 0.29) is 6.07 Å². The van der Waals surface area contributed by atoms with Crippen LogP contribution < -0.4 is 0 Å². The molecule has 0 atom stereocenters. The highest BCUT2D eigenvalue weighted by atomic mass is 19.4. The Morgan fingerprint density at radius 2 is 1.92 bits per heavy atom. The van der Waals surface area contributed by atoms with E-state index in [4.69, 9.17) is 0 Å². The molecule has 0 aliphatic heterocycles. The molecule has 1 heterocycles. The molecule has 2 nitrogen and oxygen atoms in total. The third kappa shape index (κ3) is 1.72. The molecule has 12 heavy (non-hydrogen) atoms. The maximum Gasteiger partial charge on any atom is 0.432 e. The average molecular weight is 186 g/mol. The minimum atomic E-state index is -4.65. The maximum absolute atomic E-state index is 11.7. The van der Waals surface area contributed by atoms with Crippen LogP contribution in [-0.4, -0.2) is 10.2 Å². The van der Waals surface area contributed by atoms with Gasteiger partial charge in [-0.2, -0.15) is 18.3 Å². The van der Waals surface area contributed by atoms with Crippen molar-refractivity contribution in [1.82, 2.24) is 10.2 Å². The molecular weight excluding hydrogens is 183 g/mol. The lowest BCUT2D eigenvalue weighted by molar-refractivity contribution is -0.141. The first-order valence-electron chi connectivity index (χ1n) is 2.82. The van der Waals surface area contributed by atoms with Gasteiger partial charge in [-0.05, 0) is 6.07 Å². The van der Waals surface area contributed by atoms with E-state index in [1.165, 1.54) is 5.10 Å². The number of hydrogen-bond donors (Lipinski definition) is 1. The van der Waals surface area contributed by atoms with E-state index in [2.05, 4.69) is 5.10 Å². The zero-order valence-electron chi connectivity index (χ0n) is 5.49. The van der Waals surface area contributed by atoms with Crippen molar-refractivity contribution in [1.29, 1.82) is 0 Å². The van der Waals surface area contributed by atoms with Crippen LogP contribution >= 0.6 is 0 Å². The van der Waals surface area contributed by atoms with Gasteiger partial charge in [0.15, 0.2) is 0 Å². The lowest BCUT2D eigenvalue weighted by Crippen LogP contribution is -2.04. The van der Waals surface area contributed by atoms with Gasteiger partial charge in [-0.25, -0.2) is 8.78 Å². The molecule has 0 fully saturated rings. The lowest BCUT2D eigenvalue weighted by atomic mass is 10.3. The highest BCUT2D eigenvalue weighted by Crippen LogP contribution is 2.29. The van der Waals surface area contributed by atoms with Crippen molar-refractivity contribution in [3.8, 4) is 0 Å². The number of aromatic nitrogens is 2. The Balaban J connectivity index is 2.92. The summed E-state index contributed by atoms with van der Waals surface area (Å²) in [6, 6.07) is 0.282. The predicted octanol–water partition coefficient (Wildman–Crippen LogP) is 2.37. The number of nitrogens with zero attached hydrogens (tertiary/aromatic N) is 1. The van der Waals surface area contributed by atoms with E-state index in [0.717, 1.165) is 0 Å². The van der Waals surface area contributed by atoms with Gasteiger partial charge in [-0.1, -0.05) is 0 Å². The largest absolute Gasteiger partial charge is 0.432 e. The van der Waals surface area contributed by atoms with Crippen LogP contribution in [-0.2, 0) is 6.18 Å². The standard InChI is InChI=1S/C5H3F5N2/c6-4(7)2-1-3(12-11-2)5(8,9)10/h1,4H,(H,11,12). The molecule has 68 valence electrons. The van der Waals surface area contributed by atoms with Gasteiger partial charge < -0.3 is 0 Å². The second-order valence-corrected chi connectivity index (χ2v) is 2.00. The number of nitrogens with one attached hydrogen (secondary N) is 1. The smallest absolute Gasteiger partial charge is 0.273 e. The molecule has 0 radical (unpaired) electrons. The molecule has 0 unspecified atom stereocenters. The first-order chi connectivity index (χ1) is 5.41. The normalized spacial score (nSPS) is 12.5. The Kier molecular flexibility index (Phi) is 2.03. The van der Waals surface area contributed by atoms with Crippen molar-refractivity contribution in [2.45, 2.75) is 12.6 Å². The summed E-state index contributed by atoms with van der Waals surface area (Å²) in [4.78, 5) is 0. The highest BCUT2D eigenvalue weighted by molar-refractivity contribution is 5.12. The Bertz CT molecular complexity index is 263. The summed E-state index contributed by atoms with van der Waals surface area (Å²) in [5, 5.41) is 4.26. The first-order valence-corrected chi connectivity index (χ1v) is 2.82. The zero-order valence-corrected chi connectivity index (χ0v) is 5.49. The number of aromatic amines is 1. The number of hydrogen-bond acceptors (Lipinski definition) is 1. The van der Waals surface area contributed by atoms with Crippen LogP contribution in [0.2, 0.25) is 0 Å². The molecule has 0 saturated carbocycles. The van der Waals surface area contributed by atoms with Crippen LogP contribution in [0.4, 0.5) is 22.0 Å². The molecule has 1 aromatic heterocycles. The van der Waals surface area contributed by atoms with Gasteiger partial charge in [0.2, 0.25) is 0 Å². The number of rotatable bonds is 1. The predicted molar refractivity (Wildman–Crippen MR) is 28.5 cm³/mol. The molecule has 0 spiro atoms. The Hall–Kier alpha value is -1.14. The van der Waals surface area contributed by atoms with Crippen LogP contribution in [0.15, 0.2) is 6.07 Å². The minimum Gasteiger partial charge on any atom is -0.273 e. The van der Waals surface area contributed by atoms with E-state index in [1.807, 2.05) is 0 Å². The topological polar surface area (TPSA) is 28.7 Å². The van der Waals surface area contributed by atoms with E-state index in [9.17, 15) is 22.0 Å².